The summed E-state index contributed by atoms with van der Waals surface area (Å²) in [5, 5.41) is 9.57. The van der Waals surface area contributed by atoms with Crippen molar-refractivity contribution in [3.8, 4) is 17.0 Å². The van der Waals surface area contributed by atoms with Gasteiger partial charge in [0.15, 0.2) is 0 Å². The molecule has 100 valence electrons. The van der Waals surface area contributed by atoms with Crippen LogP contribution in [0.3, 0.4) is 0 Å². The van der Waals surface area contributed by atoms with Gasteiger partial charge in [0.1, 0.15) is 5.75 Å². The van der Waals surface area contributed by atoms with E-state index in [1.54, 1.807) is 6.07 Å². The molecule has 2 rings (SSSR count). The number of aromatic hydroxyl groups is 1. The fourth-order valence-electron chi connectivity index (χ4n) is 1.67. The maximum absolute atomic E-state index is 13.0. The molecule has 0 saturated carbocycles. The molecule has 0 radical (unpaired) electrons. The van der Waals surface area contributed by atoms with Gasteiger partial charge in [-0.05, 0) is 24.3 Å². The van der Waals surface area contributed by atoms with Crippen LogP contribution >= 0.6 is 12.0 Å². The molecule has 0 amide bonds. The van der Waals surface area contributed by atoms with E-state index in [2.05, 4.69) is 4.98 Å². The highest BCUT2D eigenvalue weighted by Crippen LogP contribution is 2.44. The highest BCUT2D eigenvalue weighted by Gasteiger charge is 2.36. The second-order valence-electron chi connectivity index (χ2n) is 3.64. The third-order valence-corrected chi connectivity index (χ3v) is 3.05. The van der Waals surface area contributed by atoms with Crippen molar-refractivity contribution < 1.29 is 22.8 Å². The number of rotatable bonds is 2. The van der Waals surface area contributed by atoms with Gasteiger partial charge in [0.05, 0.1) is 16.2 Å². The van der Waals surface area contributed by atoms with Crippen LogP contribution in [0.2, 0.25) is 0 Å². The van der Waals surface area contributed by atoms with Gasteiger partial charge in [0.25, 0.3) is 0 Å². The van der Waals surface area contributed by atoms with Crippen molar-refractivity contribution >= 4 is 12.0 Å². The van der Waals surface area contributed by atoms with Crippen LogP contribution in [0.15, 0.2) is 41.4 Å². The molecule has 0 saturated heterocycles. The Morgan fingerprint density at radius 2 is 1.84 bits per heavy atom. The average molecular weight is 287 g/mol. The first-order valence-electron chi connectivity index (χ1n) is 5.11. The van der Waals surface area contributed by atoms with Gasteiger partial charge < -0.3 is 9.66 Å². The highest BCUT2D eigenvalue weighted by molar-refractivity contribution is 7.94. The van der Waals surface area contributed by atoms with Crippen molar-refractivity contribution in [3.05, 3.63) is 42.1 Å². The maximum Gasteiger partial charge on any atom is 0.417 e. The number of pyridine rings is 1. The minimum Gasteiger partial charge on any atom is -0.507 e. The van der Waals surface area contributed by atoms with Gasteiger partial charge in [0, 0.05) is 23.8 Å². The van der Waals surface area contributed by atoms with Crippen LogP contribution in [0.25, 0.3) is 11.3 Å². The molecule has 0 spiro atoms. The van der Waals surface area contributed by atoms with Gasteiger partial charge in [-0.1, -0.05) is 6.07 Å². The summed E-state index contributed by atoms with van der Waals surface area (Å²) in [4.78, 5) is 3.57. The molecule has 0 unspecified atom stereocenters. The van der Waals surface area contributed by atoms with Gasteiger partial charge in [-0.2, -0.15) is 13.2 Å². The van der Waals surface area contributed by atoms with Crippen molar-refractivity contribution in [1.82, 2.24) is 4.98 Å². The zero-order valence-corrected chi connectivity index (χ0v) is 10.2. The van der Waals surface area contributed by atoms with E-state index in [1.807, 2.05) is 0 Å². The van der Waals surface area contributed by atoms with Gasteiger partial charge in [-0.15, -0.1) is 0 Å². The summed E-state index contributed by atoms with van der Waals surface area (Å²) in [6.45, 7) is 0. The molecule has 0 bridgehead atoms. The summed E-state index contributed by atoms with van der Waals surface area (Å²) in [6, 6.07) is 6.13. The normalized spacial score (nSPS) is 11.6. The van der Waals surface area contributed by atoms with Crippen molar-refractivity contribution in [2.45, 2.75) is 11.1 Å². The Bertz CT molecular complexity index is 588. The predicted molar refractivity (Wildman–Crippen MR) is 64.8 cm³/mol. The number of nitrogens with zero attached hydrogens (tertiary/aromatic N) is 1. The molecule has 0 aliphatic heterocycles. The van der Waals surface area contributed by atoms with Crippen molar-refractivity contribution in [2.75, 3.05) is 0 Å². The quantitative estimate of drug-likeness (QED) is 0.818. The summed E-state index contributed by atoms with van der Waals surface area (Å²) in [5.74, 6) is -0.429. The lowest BCUT2D eigenvalue weighted by Gasteiger charge is -2.15. The number of hydrogen-bond donors (Lipinski definition) is 2. The Morgan fingerprint density at radius 1 is 1.11 bits per heavy atom. The van der Waals surface area contributed by atoms with Gasteiger partial charge >= 0.3 is 6.18 Å². The van der Waals surface area contributed by atoms with E-state index in [0.29, 0.717) is 0 Å². The van der Waals surface area contributed by atoms with Gasteiger partial charge in [0.2, 0.25) is 0 Å². The summed E-state index contributed by atoms with van der Waals surface area (Å²) in [7, 11) is 0. The minimum absolute atomic E-state index is 0.0299. The van der Waals surface area contributed by atoms with E-state index in [-0.39, 0.29) is 28.2 Å². The number of benzene rings is 1. The van der Waals surface area contributed by atoms with Crippen LogP contribution < -0.4 is 0 Å². The zero-order chi connectivity index (χ0) is 14.0. The monoisotopic (exact) mass is 287 g/mol. The van der Waals surface area contributed by atoms with E-state index in [1.165, 1.54) is 18.3 Å². The Hall–Kier alpha value is -1.73. The molecule has 2 N–H and O–H groups in total. The Morgan fingerprint density at radius 3 is 2.37 bits per heavy atom. The number of phenols is 1. The fourth-order valence-corrected chi connectivity index (χ4v) is 2.13. The molecule has 1 aromatic heterocycles. The van der Waals surface area contributed by atoms with Gasteiger partial charge in [-0.3, -0.25) is 4.98 Å². The molecular formula is C12H8F3NO2S. The fraction of sp³-hybridized carbons (Fsp3) is 0.0833. The van der Waals surface area contributed by atoms with Gasteiger partial charge in [-0.25, -0.2) is 0 Å². The second-order valence-corrected chi connectivity index (χ2v) is 4.23. The van der Waals surface area contributed by atoms with E-state index < -0.39 is 17.5 Å². The van der Waals surface area contributed by atoms with Crippen molar-refractivity contribution in [2.24, 2.45) is 0 Å². The molecule has 1 heterocycles. The number of phenolic OH excluding ortho intramolecular Hbond substituents is 1. The number of aromatic nitrogens is 1. The topological polar surface area (TPSA) is 53.4 Å². The number of hydrogen-bond acceptors (Lipinski definition) is 4. The Kier molecular flexibility index (Phi) is 3.68. The van der Waals surface area contributed by atoms with E-state index in [9.17, 15) is 18.3 Å². The average Bonchev–Trinajstić information content (AvgIpc) is 2.38. The molecule has 3 nitrogen and oxygen atoms in total. The number of alkyl halides is 3. The molecular weight excluding hydrogens is 279 g/mol. The SMILES string of the molecule is OSc1c(O)ccc(C(F)(F)F)c1-c1ccccn1. The van der Waals surface area contributed by atoms with E-state index in [4.69, 9.17) is 4.55 Å². The van der Waals surface area contributed by atoms with Crippen molar-refractivity contribution in [3.63, 3.8) is 0 Å². The van der Waals surface area contributed by atoms with E-state index in [0.717, 1.165) is 12.1 Å². The highest BCUT2D eigenvalue weighted by atomic mass is 32.2. The second kappa shape index (κ2) is 5.10. The Labute approximate surface area is 110 Å². The van der Waals surface area contributed by atoms with Crippen LogP contribution in [-0.2, 0) is 6.18 Å². The van der Waals surface area contributed by atoms with E-state index >= 15 is 0 Å². The first-order chi connectivity index (χ1) is 8.95. The summed E-state index contributed by atoms with van der Waals surface area (Å²) in [6.07, 6.45) is -3.27. The molecule has 2 aromatic rings. The molecule has 0 fully saturated rings. The first-order valence-corrected chi connectivity index (χ1v) is 5.88. The largest absolute Gasteiger partial charge is 0.507 e. The smallest absolute Gasteiger partial charge is 0.417 e. The van der Waals surface area contributed by atoms with Crippen LogP contribution in [0.1, 0.15) is 5.56 Å². The molecule has 1 aromatic carbocycles. The summed E-state index contributed by atoms with van der Waals surface area (Å²) >= 11 is 0.0572. The molecule has 19 heavy (non-hydrogen) atoms. The lowest BCUT2D eigenvalue weighted by atomic mass is 10.0. The maximum atomic E-state index is 13.0. The minimum atomic E-state index is -4.61. The van der Waals surface area contributed by atoms with Crippen LogP contribution in [-0.4, -0.2) is 14.6 Å². The lowest BCUT2D eigenvalue weighted by molar-refractivity contribution is -0.137. The summed E-state index contributed by atoms with van der Waals surface area (Å²) in [5.41, 5.74) is -1.26. The molecule has 0 aliphatic rings. The van der Waals surface area contributed by atoms with Crippen LogP contribution in [0.5, 0.6) is 5.75 Å². The summed E-state index contributed by atoms with van der Waals surface area (Å²) < 4.78 is 48.1. The molecule has 0 aliphatic carbocycles. The third kappa shape index (κ3) is 2.66. The zero-order valence-electron chi connectivity index (χ0n) is 9.35. The third-order valence-electron chi connectivity index (χ3n) is 2.45. The standard InChI is InChI=1S/C12H8F3NO2S/c13-12(14,15)7-4-5-9(17)11(19-18)10(7)8-3-1-2-6-16-8/h1-6,17-18H. The first kappa shape index (κ1) is 13.7. The van der Waals surface area contributed by atoms with Crippen molar-refractivity contribution in [1.29, 1.82) is 0 Å². The number of halogens is 3. The van der Waals surface area contributed by atoms with Crippen LogP contribution in [0, 0.1) is 0 Å². The molecule has 0 atom stereocenters. The predicted octanol–water partition coefficient (Wildman–Crippen LogP) is 4.04. The van der Waals surface area contributed by atoms with Crippen LogP contribution in [0.4, 0.5) is 13.2 Å². The Balaban J connectivity index is 2.78. The molecule has 7 heteroatoms. The lowest BCUT2D eigenvalue weighted by Crippen LogP contribution is -2.08.